The third-order valence-corrected chi connectivity index (χ3v) is 8.84. The minimum atomic E-state index is -4.41. The molecular weight excluding hydrogens is 681 g/mol. The Labute approximate surface area is 315 Å². The van der Waals surface area contributed by atoms with Crippen LogP contribution >= 0.6 is 7.82 Å². The molecule has 0 radical (unpaired) electrons. The quantitative estimate of drug-likeness (QED) is 0.0158. The summed E-state index contributed by atoms with van der Waals surface area (Å²) in [6.07, 6.45) is 38.1. The zero-order valence-electron chi connectivity index (χ0n) is 32.3. The van der Waals surface area contributed by atoms with E-state index in [1.165, 1.54) is 25.7 Å². The molecule has 0 aromatic carbocycles. The summed E-state index contributed by atoms with van der Waals surface area (Å²) in [6.45, 7) is 3.43. The summed E-state index contributed by atoms with van der Waals surface area (Å²) in [5.74, 6) is -0.781. The van der Waals surface area contributed by atoms with E-state index in [2.05, 4.69) is 26.0 Å². The van der Waals surface area contributed by atoms with Crippen LogP contribution in [0.15, 0.2) is 60.8 Å². The topological polar surface area (TPSA) is 151 Å². The molecule has 0 saturated carbocycles. The molecule has 0 aliphatic heterocycles. The van der Waals surface area contributed by atoms with Gasteiger partial charge in [0.05, 0.1) is 13.2 Å². The van der Waals surface area contributed by atoms with Crippen molar-refractivity contribution in [3.63, 3.8) is 0 Å². The maximum absolute atomic E-state index is 12.5. The lowest BCUT2D eigenvalue weighted by atomic mass is 10.1. The van der Waals surface area contributed by atoms with Crippen LogP contribution in [0.3, 0.4) is 0 Å². The fraction of sp³-hybridized carbons (Fsp3) is 0.683. The highest BCUT2D eigenvalue weighted by atomic mass is 31.2. The number of esters is 2. The Morgan fingerprint density at radius 2 is 1.19 bits per heavy atom. The number of rotatable bonds is 36. The van der Waals surface area contributed by atoms with Crippen molar-refractivity contribution >= 4 is 25.5 Å². The van der Waals surface area contributed by atoms with E-state index in [0.717, 1.165) is 70.6 Å². The van der Waals surface area contributed by atoms with Gasteiger partial charge in [0, 0.05) is 25.8 Å². The second-order valence-electron chi connectivity index (χ2n) is 12.8. The van der Waals surface area contributed by atoms with Gasteiger partial charge in [0.1, 0.15) is 6.61 Å². The lowest BCUT2D eigenvalue weighted by Crippen LogP contribution is -2.29. The fourth-order valence-corrected chi connectivity index (χ4v) is 5.63. The first-order chi connectivity index (χ1) is 25.2. The molecule has 0 saturated heterocycles. The number of allylic oxidation sites excluding steroid dienone is 10. The number of nitrogens with two attached hydrogens (primary N) is 1. The van der Waals surface area contributed by atoms with Crippen LogP contribution in [0.1, 0.15) is 149 Å². The van der Waals surface area contributed by atoms with Crippen molar-refractivity contribution in [3.05, 3.63) is 60.8 Å². The molecule has 0 aromatic heterocycles. The first-order valence-corrected chi connectivity index (χ1v) is 21.2. The number of carbonyl (C=O) groups excluding carboxylic acids is 3. The first kappa shape index (κ1) is 49.4. The monoisotopic (exact) mass is 751 g/mol. The van der Waals surface area contributed by atoms with Crippen molar-refractivity contribution in [2.45, 2.75) is 155 Å². The molecular formula is C41H70NO9P. The minimum absolute atomic E-state index is 0.0312. The lowest BCUT2D eigenvalue weighted by Gasteiger charge is -2.19. The molecule has 11 heteroatoms. The number of ketones is 1. The number of ether oxygens (including phenoxy) is 2. The van der Waals surface area contributed by atoms with Gasteiger partial charge in [-0.15, -0.1) is 0 Å². The fourth-order valence-electron chi connectivity index (χ4n) is 4.87. The maximum atomic E-state index is 12.5. The second kappa shape index (κ2) is 36.7. The predicted octanol–water partition coefficient (Wildman–Crippen LogP) is 10.1. The van der Waals surface area contributed by atoms with Crippen LogP contribution in [-0.4, -0.2) is 55.1 Å². The van der Waals surface area contributed by atoms with E-state index in [9.17, 15) is 23.8 Å². The summed E-state index contributed by atoms with van der Waals surface area (Å²) in [7, 11) is -4.41. The van der Waals surface area contributed by atoms with Gasteiger partial charge >= 0.3 is 19.8 Å². The molecule has 298 valence electrons. The third-order valence-electron chi connectivity index (χ3n) is 7.85. The zero-order valence-corrected chi connectivity index (χ0v) is 33.2. The number of hydrogen-bond donors (Lipinski definition) is 2. The third kappa shape index (κ3) is 35.8. The van der Waals surface area contributed by atoms with Crippen molar-refractivity contribution in [2.75, 3.05) is 26.4 Å². The van der Waals surface area contributed by atoms with Crippen molar-refractivity contribution in [1.82, 2.24) is 0 Å². The van der Waals surface area contributed by atoms with Crippen LogP contribution in [-0.2, 0) is 37.5 Å². The van der Waals surface area contributed by atoms with Gasteiger partial charge in [-0.1, -0.05) is 120 Å². The summed E-state index contributed by atoms with van der Waals surface area (Å²) in [5.41, 5.74) is 5.32. The van der Waals surface area contributed by atoms with E-state index in [0.29, 0.717) is 25.7 Å². The number of phosphoric ester groups is 1. The van der Waals surface area contributed by atoms with Crippen molar-refractivity contribution in [2.24, 2.45) is 5.73 Å². The molecule has 0 spiro atoms. The number of phosphoric acid groups is 1. The molecule has 2 atom stereocenters. The normalized spacial score (nSPS) is 13.9. The first-order valence-electron chi connectivity index (χ1n) is 19.7. The van der Waals surface area contributed by atoms with Gasteiger partial charge in [-0.3, -0.25) is 23.4 Å². The minimum Gasteiger partial charge on any atom is -0.462 e. The highest BCUT2D eigenvalue weighted by molar-refractivity contribution is 7.47. The van der Waals surface area contributed by atoms with E-state index in [1.807, 2.05) is 36.5 Å². The Morgan fingerprint density at radius 1 is 0.635 bits per heavy atom. The Balaban J connectivity index is 4.39. The molecule has 0 rings (SSSR count). The van der Waals surface area contributed by atoms with Crippen LogP contribution in [0.4, 0.5) is 0 Å². The summed E-state index contributed by atoms with van der Waals surface area (Å²) >= 11 is 0. The zero-order chi connectivity index (χ0) is 38.4. The van der Waals surface area contributed by atoms with Gasteiger partial charge in [-0.2, -0.15) is 0 Å². The van der Waals surface area contributed by atoms with Gasteiger partial charge in [-0.25, -0.2) is 4.57 Å². The van der Waals surface area contributed by atoms with Gasteiger partial charge < -0.3 is 20.1 Å². The maximum Gasteiger partial charge on any atom is 0.472 e. The summed E-state index contributed by atoms with van der Waals surface area (Å²) in [5, 5.41) is 0. The SMILES string of the molecule is CCCCCC/C=C\CCCCCCCC(=O)OC[C@H](COP(=O)(O)OCCN)OC(=O)CCC/C=C\C/C=C\C/C=C\C=C\C(=O)CCCCC. The van der Waals surface area contributed by atoms with Crippen LogP contribution < -0.4 is 5.73 Å². The Kier molecular flexibility index (Phi) is 34.9. The van der Waals surface area contributed by atoms with Gasteiger partial charge in [0.2, 0.25) is 0 Å². The van der Waals surface area contributed by atoms with E-state index in [4.69, 9.17) is 24.3 Å². The molecule has 52 heavy (non-hydrogen) atoms. The second-order valence-corrected chi connectivity index (χ2v) is 14.3. The van der Waals surface area contributed by atoms with E-state index >= 15 is 0 Å². The molecule has 10 nitrogen and oxygen atoms in total. The highest BCUT2D eigenvalue weighted by Gasteiger charge is 2.25. The molecule has 0 aliphatic carbocycles. The molecule has 0 amide bonds. The largest absolute Gasteiger partial charge is 0.472 e. The average molecular weight is 752 g/mol. The summed E-state index contributed by atoms with van der Waals surface area (Å²) in [4.78, 5) is 46.4. The van der Waals surface area contributed by atoms with Gasteiger partial charge in [0.25, 0.3) is 0 Å². The van der Waals surface area contributed by atoms with E-state index in [-0.39, 0.29) is 38.4 Å². The van der Waals surface area contributed by atoms with Crippen LogP contribution in [0.2, 0.25) is 0 Å². The van der Waals surface area contributed by atoms with Crippen molar-refractivity contribution in [1.29, 1.82) is 0 Å². The van der Waals surface area contributed by atoms with E-state index in [1.54, 1.807) is 12.2 Å². The molecule has 0 aliphatic rings. The van der Waals surface area contributed by atoms with Gasteiger partial charge in [0.15, 0.2) is 11.9 Å². The summed E-state index contributed by atoms with van der Waals surface area (Å²) < 4.78 is 32.6. The molecule has 0 aromatic rings. The Bertz CT molecular complexity index is 1100. The number of unbranched alkanes of at least 4 members (excludes halogenated alkanes) is 12. The van der Waals surface area contributed by atoms with E-state index < -0.39 is 32.5 Å². The number of carbonyl (C=O) groups is 3. The van der Waals surface area contributed by atoms with Crippen molar-refractivity contribution < 1.29 is 42.4 Å². The van der Waals surface area contributed by atoms with Gasteiger partial charge in [-0.05, 0) is 70.3 Å². The molecule has 0 heterocycles. The summed E-state index contributed by atoms with van der Waals surface area (Å²) in [6, 6.07) is 0. The molecule has 0 fully saturated rings. The molecule has 3 N–H and O–H groups in total. The smallest absolute Gasteiger partial charge is 0.462 e. The standard InChI is InChI=1S/C41H70NO9P/c1-3-5-7-8-9-10-11-12-15-18-21-24-28-32-40(44)48-36-39(37-50-52(46,47)49-35-34-42)51-41(45)33-29-25-22-19-16-13-14-17-20-23-27-31-38(43)30-26-6-4-2/h10-11,13-14,19-20,22-23,27,31,39H,3-9,12,15-18,21,24-26,28-30,32-37,42H2,1-2H3,(H,46,47)/b11-10-,14-13-,22-19-,23-20-,31-27+/t39-/m1/s1. The highest BCUT2D eigenvalue weighted by Crippen LogP contribution is 2.43. The Morgan fingerprint density at radius 3 is 1.90 bits per heavy atom. The predicted molar refractivity (Wildman–Crippen MR) is 211 cm³/mol. The number of hydrogen-bond acceptors (Lipinski definition) is 9. The van der Waals surface area contributed by atoms with Crippen LogP contribution in [0.5, 0.6) is 0 Å². The van der Waals surface area contributed by atoms with Crippen LogP contribution in [0.25, 0.3) is 0 Å². The average Bonchev–Trinajstić information content (AvgIpc) is 3.12. The van der Waals surface area contributed by atoms with Crippen molar-refractivity contribution in [3.8, 4) is 0 Å². The van der Waals surface area contributed by atoms with Crippen LogP contribution in [0, 0.1) is 0 Å². The molecule has 0 bridgehead atoms. The molecule has 1 unspecified atom stereocenters. The lowest BCUT2D eigenvalue weighted by molar-refractivity contribution is -0.161. The Hall–Kier alpha value is -2.62.